The molecule has 1 aliphatic heterocycles. The minimum absolute atomic E-state index is 0.0876. The van der Waals surface area contributed by atoms with Gasteiger partial charge in [-0.2, -0.15) is 0 Å². The third kappa shape index (κ3) is 3.05. The molecule has 2 aromatic heterocycles. The molecule has 1 aliphatic carbocycles. The predicted molar refractivity (Wildman–Crippen MR) is 109 cm³/mol. The number of nitrogens with one attached hydrogen (secondary N) is 1. The standard InChI is InChI=1S/C21H25N5O4/c27-9-14-16(28)17(29)20(30-14)26-12-25-15-18(23-11-24-19(15)26)22-10-21(7-4-8-21)13-5-2-1-3-6-13/h1-3,5-6,11-12,14,16-17,20,27-29H,4,7-10H2,(H,22,23,24)/t14-,16-,17-,20-/m1/s1. The van der Waals surface area contributed by atoms with Gasteiger partial charge < -0.3 is 25.4 Å². The van der Waals surface area contributed by atoms with Crippen LogP contribution in [-0.2, 0) is 10.2 Å². The highest BCUT2D eigenvalue weighted by molar-refractivity contribution is 5.82. The Bertz CT molecular complexity index is 1020. The van der Waals surface area contributed by atoms with Crippen molar-refractivity contribution < 1.29 is 20.1 Å². The molecule has 2 aliphatic rings. The molecule has 9 nitrogen and oxygen atoms in total. The van der Waals surface area contributed by atoms with Gasteiger partial charge in [-0.25, -0.2) is 15.0 Å². The van der Waals surface area contributed by atoms with Crippen LogP contribution in [-0.4, -0.2) is 66.3 Å². The Hall–Kier alpha value is -2.59. The van der Waals surface area contributed by atoms with Crippen molar-refractivity contribution in [1.29, 1.82) is 0 Å². The van der Waals surface area contributed by atoms with E-state index in [2.05, 4.69) is 44.5 Å². The fraction of sp³-hybridized carbons (Fsp3) is 0.476. The normalized spacial score (nSPS) is 27.8. The minimum Gasteiger partial charge on any atom is -0.394 e. The van der Waals surface area contributed by atoms with Gasteiger partial charge in [0.15, 0.2) is 23.2 Å². The van der Waals surface area contributed by atoms with E-state index in [0.717, 1.165) is 19.4 Å². The van der Waals surface area contributed by atoms with Crippen LogP contribution in [0.15, 0.2) is 43.0 Å². The fourth-order valence-electron chi connectivity index (χ4n) is 4.49. The van der Waals surface area contributed by atoms with E-state index in [1.54, 1.807) is 4.57 Å². The molecule has 5 rings (SSSR count). The van der Waals surface area contributed by atoms with Gasteiger partial charge >= 0.3 is 0 Å². The number of anilines is 1. The molecular weight excluding hydrogens is 386 g/mol. The molecule has 30 heavy (non-hydrogen) atoms. The SMILES string of the molecule is OC[C@H]1O[C@@H](n2cnc3c(NCC4(c5ccccc5)CCC4)ncnc32)[C@H](O)[C@@H]1O. The Balaban J connectivity index is 1.41. The first-order chi connectivity index (χ1) is 14.6. The van der Waals surface area contributed by atoms with Crippen LogP contribution in [0.4, 0.5) is 5.82 Å². The van der Waals surface area contributed by atoms with Crippen LogP contribution < -0.4 is 5.32 Å². The Kier molecular flexibility index (Phi) is 4.90. The lowest BCUT2D eigenvalue weighted by molar-refractivity contribution is -0.0511. The molecule has 4 N–H and O–H groups in total. The molecule has 0 spiro atoms. The molecule has 0 bridgehead atoms. The third-order valence-corrected chi connectivity index (χ3v) is 6.44. The number of fused-ring (bicyclic) bond motifs is 1. The topological polar surface area (TPSA) is 126 Å². The zero-order chi connectivity index (χ0) is 20.7. The van der Waals surface area contributed by atoms with E-state index in [9.17, 15) is 15.3 Å². The summed E-state index contributed by atoms with van der Waals surface area (Å²) in [5.41, 5.74) is 2.47. The molecule has 1 saturated carbocycles. The average Bonchev–Trinajstić information content (AvgIpc) is 3.30. The summed E-state index contributed by atoms with van der Waals surface area (Å²) in [7, 11) is 0. The first-order valence-corrected chi connectivity index (χ1v) is 10.2. The van der Waals surface area contributed by atoms with E-state index < -0.39 is 24.5 Å². The summed E-state index contributed by atoms with van der Waals surface area (Å²) in [5.74, 6) is 0.618. The van der Waals surface area contributed by atoms with Gasteiger partial charge in [0.2, 0.25) is 0 Å². The van der Waals surface area contributed by atoms with Crippen molar-refractivity contribution in [2.75, 3.05) is 18.5 Å². The van der Waals surface area contributed by atoms with Gasteiger partial charge in [-0.15, -0.1) is 0 Å². The first kappa shape index (κ1) is 19.4. The lowest BCUT2D eigenvalue weighted by Crippen LogP contribution is -2.41. The molecule has 0 radical (unpaired) electrons. The molecular formula is C21H25N5O4. The lowest BCUT2D eigenvalue weighted by Gasteiger charge is -2.42. The van der Waals surface area contributed by atoms with Crippen molar-refractivity contribution in [2.24, 2.45) is 0 Å². The Morgan fingerprint density at radius 1 is 1.10 bits per heavy atom. The van der Waals surface area contributed by atoms with Crippen molar-refractivity contribution in [3.8, 4) is 0 Å². The van der Waals surface area contributed by atoms with Gasteiger partial charge in [0.1, 0.15) is 24.6 Å². The summed E-state index contributed by atoms with van der Waals surface area (Å²) in [6.07, 6.45) is 2.29. The highest BCUT2D eigenvalue weighted by Gasteiger charge is 2.44. The van der Waals surface area contributed by atoms with Gasteiger partial charge in [0, 0.05) is 12.0 Å². The second-order valence-corrected chi connectivity index (χ2v) is 8.13. The third-order valence-electron chi connectivity index (χ3n) is 6.44. The Morgan fingerprint density at radius 3 is 2.57 bits per heavy atom. The second kappa shape index (κ2) is 7.59. The van der Waals surface area contributed by atoms with Crippen LogP contribution in [0.3, 0.4) is 0 Å². The molecule has 3 aromatic rings. The number of benzene rings is 1. The Morgan fingerprint density at radius 2 is 1.90 bits per heavy atom. The number of aliphatic hydroxyl groups is 3. The maximum absolute atomic E-state index is 10.3. The van der Waals surface area contributed by atoms with Crippen LogP contribution in [0.1, 0.15) is 31.1 Å². The number of rotatable bonds is 6. The number of imidazole rings is 1. The van der Waals surface area contributed by atoms with Crippen LogP contribution in [0.2, 0.25) is 0 Å². The molecule has 9 heteroatoms. The molecule has 3 heterocycles. The van der Waals surface area contributed by atoms with Crippen molar-refractivity contribution in [3.63, 3.8) is 0 Å². The number of aliphatic hydroxyl groups excluding tert-OH is 3. The highest BCUT2D eigenvalue weighted by Crippen LogP contribution is 2.44. The molecule has 4 atom stereocenters. The molecule has 1 saturated heterocycles. The van der Waals surface area contributed by atoms with Crippen molar-refractivity contribution in [2.45, 2.75) is 49.2 Å². The van der Waals surface area contributed by atoms with Gasteiger partial charge in [-0.3, -0.25) is 4.57 Å². The lowest BCUT2D eigenvalue weighted by atomic mass is 9.64. The number of hydrogen-bond acceptors (Lipinski definition) is 8. The molecule has 158 valence electrons. The van der Waals surface area contributed by atoms with E-state index in [4.69, 9.17) is 4.74 Å². The first-order valence-electron chi connectivity index (χ1n) is 10.2. The zero-order valence-corrected chi connectivity index (χ0v) is 16.4. The number of hydrogen-bond donors (Lipinski definition) is 4. The number of aromatic nitrogens is 4. The number of nitrogens with zero attached hydrogens (tertiary/aromatic N) is 4. The minimum atomic E-state index is -1.19. The van der Waals surface area contributed by atoms with E-state index in [1.165, 1.54) is 24.6 Å². The van der Waals surface area contributed by atoms with Crippen LogP contribution >= 0.6 is 0 Å². The summed E-state index contributed by atoms with van der Waals surface area (Å²) in [6.45, 7) is 0.356. The van der Waals surface area contributed by atoms with Gasteiger partial charge in [-0.1, -0.05) is 36.8 Å². The van der Waals surface area contributed by atoms with Crippen molar-refractivity contribution in [3.05, 3.63) is 48.5 Å². The van der Waals surface area contributed by atoms with E-state index in [0.29, 0.717) is 17.0 Å². The molecule has 1 aromatic carbocycles. The maximum Gasteiger partial charge on any atom is 0.167 e. The monoisotopic (exact) mass is 411 g/mol. The van der Waals surface area contributed by atoms with Crippen LogP contribution in [0.25, 0.3) is 11.2 Å². The fourth-order valence-corrected chi connectivity index (χ4v) is 4.49. The summed E-state index contributed by atoms with van der Waals surface area (Å²) in [5, 5.41) is 33.2. The van der Waals surface area contributed by atoms with E-state index >= 15 is 0 Å². The molecule has 2 fully saturated rings. The Labute approximate surface area is 173 Å². The highest BCUT2D eigenvalue weighted by atomic mass is 16.6. The zero-order valence-electron chi connectivity index (χ0n) is 16.4. The van der Waals surface area contributed by atoms with E-state index in [1.807, 2.05) is 6.07 Å². The summed E-state index contributed by atoms with van der Waals surface area (Å²) >= 11 is 0. The van der Waals surface area contributed by atoms with Crippen molar-refractivity contribution >= 4 is 17.0 Å². The van der Waals surface area contributed by atoms with Crippen LogP contribution in [0.5, 0.6) is 0 Å². The van der Waals surface area contributed by atoms with E-state index in [-0.39, 0.29) is 12.0 Å². The molecule has 0 unspecified atom stereocenters. The average molecular weight is 411 g/mol. The smallest absolute Gasteiger partial charge is 0.167 e. The van der Waals surface area contributed by atoms with Gasteiger partial charge in [0.05, 0.1) is 12.9 Å². The number of ether oxygens (including phenoxy) is 1. The van der Waals surface area contributed by atoms with Gasteiger partial charge in [-0.05, 0) is 18.4 Å². The summed E-state index contributed by atoms with van der Waals surface area (Å²) in [6, 6.07) is 10.5. The van der Waals surface area contributed by atoms with Crippen LogP contribution in [0, 0.1) is 0 Å². The van der Waals surface area contributed by atoms with Crippen molar-refractivity contribution in [1.82, 2.24) is 19.5 Å². The summed E-state index contributed by atoms with van der Waals surface area (Å²) in [4.78, 5) is 13.1. The maximum atomic E-state index is 10.3. The second-order valence-electron chi connectivity index (χ2n) is 8.13. The molecule has 0 amide bonds. The predicted octanol–water partition coefficient (Wildman–Crippen LogP) is 0.972. The quantitative estimate of drug-likeness (QED) is 0.473. The summed E-state index contributed by atoms with van der Waals surface area (Å²) < 4.78 is 7.19. The largest absolute Gasteiger partial charge is 0.394 e. The van der Waals surface area contributed by atoms with Gasteiger partial charge in [0.25, 0.3) is 0 Å².